The molecule has 0 fully saturated rings. The van der Waals surface area contributed by atoms with Gasteiger partial charge < -0.3 is 15.2 Å². The highest BCUT2D eigenvalue weighted by Gasteiger charge is 2.22. The summed E-state index contributed by atoms with van der Waals surface area (Å²) < 4.78 is 5.72. The van der Waals surface area contributed by atoms with Crippen molar-refractivity contribution < 1.29 is 19.4 Å². The molecule has 0 saturated heterocycles. The quantitative estimate of drug-likeness (QED) is 0.346. The molecule has 3 aromatic rings. The molecule has 174 valence electrons. The summed E-state index contributed by atoms with van der Waals surface area (Å²) in [6.07, 6.45) is 5.33. The van der Waals surface area contributed by atoms with Crippen molar-refractivity contribution in [2.75, 3.05) is 5.32 Å². The number of carbonyl (C=O) groups is 2. The van der Waals surface area contributed by atoms with E-state index in [1.165, 1.54) is 23.5 Å². The van der Waals surface area contributed by atoms with E-state index < -0.39 is 11.9 Å². The first-order valence-corrected chi connectivity index (χ1v) is 11.8. The van der Waals surface area contributed by atoms with Crippen LogP contribution in [-0.2, 0) is 24.2 Å². The van der Waals surface area contributed by atoms with Crippen LogP contribution < -0.4 is 10.1 Å². The summed E-state index contributed by atoms with van der Waals surface area (Å²) in [6, 6.07) is 17.5. The van der Waals surface area contributed by atoms with Crippen molar-refractivity contribution in [2.24, 2.45) is 0 Å². The minimum absolute atomic E-state index is 0.0700. The SMILES string of the molecule is N#C/C(=C\c1ccc(OCc2cccc(C(=O)O)c2)cc1)C(=O)Nc1sc2c(c1C#N)CCCC2. The Balaban J connectivity index is 1.43. The predicted octanol–water partition coefficient (Wildman–Crippen LogP) is 5.32. The molecular weight excluding hydrogens is 462 g/mol. The van der Waals surface area contributed by atoms with Gasteiger partial charge in [-0.25, -0.2) is 4.79 Å². The lowest BCUT2D eigenvalue weighted by atomic mass is 9.96. The van der Waals surface area contributed by atoms with E-state index >= 15 is 0 Å². The first-order chi connectivity index (χ1) is 17.0. The summed E-state index contributed by atoms with van der Waals surface area (Å²) in [5, 5.41) is 31.5. The number of rotatable bonds is 7. The topological polar surface area (TPSA) is 123 Å². The zero-order valence-corrected chi connectivity index (χ0v) is 19.5. The Morgan fingerprint density at radius 1 is 1.11 bits per heavy atom. The van der Waals surface area contributed by atoms with Crippen LogP contribution in [0.4, 0.5) is 5.00 Å². The molecule has 1 heterocycles. The van der Waals surface area contributed by atoms with Crippen LogP contribution in [0.1, 0.15) is 50.3 Å². The number of aromatic carboxylic acids is 1. The Morgan fingerprint density at radius 2 is 1.89 bits per heavy atom. The van der Waals surface area contributed by atoms with Crippen LogP contribution in [-0.4, -0.2) is 17.0 Å². The maximum absolute atomic E-state index is 12.8. The number of nitrogens with zero attached hydrogens (tertiary/aromatic N) is 2. The molecule has 0 radical (unpaired) electrons. The molecule has 1 aliphatic rings. The third kappa shape index (κ3) is 5.57. The second kappa shape index (κ2) is 10.7. The highest BCUT2D eigenvalue weighted by Crippen LogP contribution is 2.37. The third-order valence-electron chi connectivity index (χ3n) is 5.65. The lowest BCUT2D eigenvalue weighted by Crippen LogP contribution is -2.13. The van der Waals surface area contributed by atoms with E-state index in [1.54, 1.807) is 42.5 Å². The third-order valence-corrected chi connectivity index (χ3v) is 6.85. The van der Waals surface area contributed by atoms with Crippen molar-refractivity contribution in [1.82, 2.24) is 0 Å². The van der Waals surface area contributed by atoms with Gasteiger partial charge in [-0.1, -0.05) is 24.3 Å². The van der Waals surface area contributed by atoms with Crippen molar-refractivity contribution in [1.29, 1.82) is 10.5 Å². The number of carboxylic acid groups (broad SMARTS) is 1. The molecule has 0 bridgehead atoms. The molecular formula is C27H21N3O4S. The predicted molar refractivity (Wildman–Crippen MR) is 132 cm³/mol. The van der Waals surface area contributed by atoms with Crippen molar-refractivity contribution in [3.05, 3.63) is 86.8 Å². The molecule has 2 aromatic carbocycles. The summed E-state index contributed by atoms with van der Waals surface area (Å²) in [6.45, 7) is 0.203. The Labute approximate surface area is 206 Å². The lowest BCUT2D eigenvalue weighted by Gasteiger charge is -2.09. The fraction of sp³-hybridized carbons (Fsp3) is 0.185. The van der Waals surface area contributed by atoms with Crippen molar-refractivity contribution in [3.63, 3.8) is 0 Å². The minimum atomic E-state index is -0.997. The van der Waals surface area contributed by atoms with Crippen LogP contribution in [0.2, 0.25) is 0 Å². The number of amides is 1. The van der Waals surface area contributed by atoms with Gasteiger partial charge >= 0.3 is 5.97 Å². The average molecular weight is 484 g/mol. The van der Waals surface area contributed by atoms with E-state index in [-0.39, 0.29) is 17.7 Å². The number of fused-ring (bicyclic) bond motifs is 1. The van der Waals surface area contributed by atoms with Gasteiger partial charge in [0.1, 0.15) is 35.1 Å². The van der Waals surface area contributed by atoms with Gasteiger partial charge in [0.05, 0.1) is 11.1 Å². The summed E-state index contributed by atoms with van der Waals surface area (Å²) in [4.78, 5) is 25.0. The number of carboxylic acids is 1. The standard InChI is InChI=1S/C27H21N3O4S/c28-14-20(25(31)30-26-23(15-29)22-6-1-2-7-24(22)35-26)12-17-8-10-21(11-9-17)34-16-18-4-3-5-19(13-18)27(32)33/h3-5,8-13H,1-2,6-7,16H2,(H,30,31)(H,32,33)/b20-12+. The molecule has 2 N–H and O–H groups in total. The smallest absolute Gasteiger partial charge is 0.335 e. The number of nitrogens with one attached hydrogen (secondary N) is 1. The van der Waals surface area contributed by atoms with Gasteiger partial charge in [0.25, 0.3) is 5.91 Å². The second-order valence-electron chi connectivity index (χ2n) is 8.01. The first-order valence-electron chi connectivity index (χ1n) is 11.0. The van der Waals surface area contributed by atoms with Crippen LogP contribution in [0.5, 0.6) is 5.75 Å². The van der Waals surface area contributed by atoms with Crippen LogP contribution in [0.3, 0.4) is 0 Å². The number of hydrogen-bond donors (Lipinski definition) is 2. The molecule has 35 heavy (non-hydrogen) atoms. The van der Waals surface area contributed by atoms with E-state index in [0.29, 0.717) is 21.9 Å². The Morgan fingerprint density at radius 3 is 2.60 bits per heavy atom. The van der Waals surface area contributed by atoms with Crippen molar-refractivity contribution in [2.45, 2.75) is 32.3 Å². The van der Waals surface area contributed by atoms with Gasteiger partial charge in [-0.05, 0) is 72.7 Å². The van der Waals surface area contributed by atoms with E-state index in [1.807, 2.05) is 6.07 Å². The molecule has 7 nitrogen and oxygen atoms in total. The molecule has 4 rings (SSSR count). The number of thiophene rings is 1. The van der Waals surface area contributed by atoms with Crippen LogP contribution >= 0.6 is 11.3 Å². The molecule has 0 unspecified atom stereocenters. The number of benzene rings is 2. The number of aryl methyl sites for hydroxylation is 1. The molecule has 0 atom stereocenters. The molecule has 0 spiro atoms. The van der Waals surface area contributed by atoms with Crippen molar-refractivity contribution >= 4 is 34.3 Å². The number of carbonyl (C=O) groups excluding carboxylic acids is 1. The Bertz CT molecular complexity index is 1390. The fourth-order valence-corrected chi connectivity index (χ4v) is 5.11. The zero-order chi connectivity index (χ0) is 24.8. The molecule has 0 aliphatic heterocycles. The van der Waals surface area contributed by atoms with Gasteiger partial charge in [0.15, 0.2) is 0 Å². The molecule has 8 heteroatoms. The second-order valence-corrected chi connectivity index (χ2v) is 9.12. The normalized spacial score (nSPS) is 12.7. The largest absolute Gasteiger partial charge is 0.489 e. The summed E-state index contributed by atoms with van der Waals surface area (Å²) in [5.41, 5.74) is 3.02. The maximum atomic E-state index is 12.8. The van der Waals surface area contributed by atoms with Crippen molar-refractivity contribution in [3.8, 4) is 17.9 Å². The number of hydrogen-bond acceptors (Lipinski definition) is 6. The minimum Gasteiger partial charge on any atom is -0.489 e. The van der Waals surface area contributed by atoms with Gasteiger partial charge in [-0.2, -0.15) is 10.5 Å². The molecule has 0 saturated carbocycles. The maximum Gasteiger partial charge on any atom is 0.335 e. The summed E-state index contributed by atoms with van der Waals surface area (Å²) >= 11 is 1.42. The van der Waals surface area contributed by atoms with Gasteiger partial charge in [-0.15, -0.1) is 11.3 Å². The zero-order valence-electron chi connectivity index (χ0n) is 18.7. The Hall–Kier alpha value is -4.40. The first kappa shape index (κ1) is 23.7. The van der Waals surface area contributed by atoms with Crippen LogP contribution in [0.15, 0.2) is 54.1 Å². The Kier molecular flexibility index (Phi) is 7.25. The fourth-order valence-electron chi connectivity index (χ4n) is 3.88. The highest BCUT2D eigenvalue weighted by molar-refractivity contribution is 7.16. The molecule has 1 aliphatic carbocycles. The highest BCUT2D eigenvalue weighted by atomic mass is 32.1. The molecule has 1 aromatic heterocycles. The average Bonchev–Trinajstić information content (AvgIpc) is 3.23. The number of nitriles is 2. The number of ether oxygens (including phenoxy) is 1. The van der Waals surface area contributed by atoms with E-state index in [0.717, 1.165) is 41.7 Å². The van der Waals surface area contributed by atoms with Gasteiger partial charge in [-0.3, -0.25) is 4.79 Å². The molecule has 1 amide bonds. The van der Waals surface area contributed by atoms with Gasteiger partial charge in [0.2, 0.25) is 0 Å². The van der Waals surface area contributed by atoms with Crippen LogP contribution in [0.25, 0.3) is 6.08 Å². The van der Waals surface area contributed by atoms with Gasteiger partial charge in [0, 0.05) is 4.88 Å². The monoisotopic (exact) mass is 483 g/mol. The van der Waals surface area contributed by atoms with E-state index in [2.05, 4.69) is 11.4 Å². The van der Waals surface area contributed by atoms with E-state index in [9.17, 15) is 20.1 Å². The lowest BCUT2D eigenvalue weighted by molar-refractivity contribution is -0.112. The summed E-state index contributed by atoms with van der Waals surface area (Å²) in [5.74, 6) is -0.988. The summed E-state index contributed by atoms with van der Waals surface area (Å²) in [7, 11) is 0. The number of anilines is 1. The van der Waals surface area contributed by atoms with E-state index in [4.69, 9.17) is 9.84 Å². The van der Waals surface area contributed by atoms with Crippen LogP contribution in [0, 0.1) is 22.7 Å².